The highest BCUT2D eigenvalue weighted by Gasteiger charge is 2.40. The third-order valence-corrected chi connectivity index (χ3v) is 5.95. The van der Waals surface area contributed by atoms with Crippen molar-refractivity contribution in [1.29, 1.82) is 0 Å². The maximum Gasteiger partial charge on any atom is 0.309 e. The summed E-state index contributed by atoms with van der Waals surface area (Å²) in [6.07, 6.45) is 6.51. The van der Waals surface area contributed by atoms with E-state index in [0.717, 1.165) is 45.3 Å². The quantitative estimate of drug-likeness (QED) is 0.580. The second kappa shape index (κ2) is 11.1. The van der Waals surface area contributed by atoms with Gasteiger partial charge in [-0.2, -0.15) is 0 Å². The number of likely N-dealkylation sites (tertiary alicyclic amines) is 1. The minimum atomic E-state index is -0.313. The Balaban J connectivity index is 0.00000160. The summed E-state index contributed by atoms with van der Waals surface area (Å²) in [6.45, 7) is 4.37. The van der Waals surface area contributed by atoms with Gasteiger partial charge in [-0.1, -0.05) is 0 Å². The maximum absolute atomic E-state index is 12.7. The zero-order valence-electron chi connectivity index (χ0n) is 17.1. The summed E-state index contributed by atoms with van der Waals surface area (Å²) in [5, 5.41) is 3.33. The first-order chi connectivity index (χ1) is 13.6. The molecule has 9 nitrogen and oxygen atoms in total. The van der Waals surface area contributed by atoms with Gasteiger partial charge < -0.3 is 29.7 Å². The van der Waals surface area contributed by atoms with Crippen LogP contribution in [-0.2, 0) is 19.1 Å². The molecule has 2 amide bonds. The van der Waals surface area contributed by atoms with Crippen LogP contribution in [0.15, 0.2) is 11.9 Å². The van der Waals surface area contributed by atoms with Crippen LogP contribution in [0.2, 0.25) is 0 Å². The van der Waals surface area contributed by atoms with E-state index in [2.05, 4.69) is 5.32 Å². The number of nitrogens with zero attached hydrogens (tertiary/aromatic N) is 4. The lowest BCUT2D eigenvalue weighted by Gasteiger charge is -2.31. The number of carbonyl (C=O) groups excluding carboxylic acids is 3. The fourth-order valence-corrected chi connectivity index (χ4v) is 4.33. The number of fused-ring (bicyclic) bond motifs is 1. The average Bonchev–Trinajstić information content (AvgIpc) is 3.25. The van der Waals surface area contributed by atoms with E-state index >= 15 is 0 Å². The van der Waals surface area contributed by atoms with Crippen LogP contribution >= 0.6 is 24.8 Å². The maximum atomic E-state index is 12.7. The molecular formula is C19H31Cl2N5O4. The second-order valence-corrected chi connectivity index (χ2v) is 7.92. The Hall–Kier alpha value is -1.71. The van der Waals surface area contributed by atoms with E-state index < -0.39 is 0 Å². The van der Waals surface area contributed by atoms with E-state index in [0.29, 0.717) is 38.0 Å². The molecule has 0 aromatic rings. The largest absolute Gasteiger partial charge is 0.444 e. The van der Waals surface area contributed by atoms with Gasteiger partial charge >= 0.3 is 5.97 Å². The fourth-order valence-electron chi connectivity index (χ4n) is 4.33. The summed E-state index contributed by atoms with van der Waals surface area (Å²) in [7, 11) is 0. The second-order valence-electron chi connectivity index (χ2n) is 7.92. The van der Waals surface area contributed by atoms with E-state index in [1.165, 1.54) is 0 Å². The van der Waals surface area contributed by atoms with Gasteiger partial charge in [-0.3, -0.25) is 14.4 Å². The van der Waals surface area contributed by atoms with Crippen LogP contribution in [0.1, 0.15) is 38.5 Å². The predicted octanol–water partition coefficient (Wildman–Crippen LogP) is 0.702. The molecule has 0 aliphatic carbocycles. The highest BCUT2D eigenvalue weighted by molar-refractivity contribution is 5.95. The van der Waals surface area contributed by atoms with Gasteiger partial charge in [0.2, 0.25) is 5.91 Å². The van der Waals surface area contributed by atoms with Crippen molar-refractivity contribution in [3.63, 3.8) is 0 Å². The van der Waals surface area contributed by atoms with Crippen molar-refractivity contribution in [3.05, 3.63) is 11.9 Å². The molecule has 30 heavy (non-hydrogen) atoms. The number of hydrogen-bond donors (Lipinski definition) is 1. The van der Waals surface area contributed by atoms with Crippen molar-refractivity contribution >= 4 is 42.6 Å². The lowest BCUT2D eigenvalue weighted by atomic mass is 10.1. The van der Waals surface area contributed by atoms with Crippen LogP contribution in [0, 0.1) is 0 Å². The van der Waals surface area contributed by atoms with Gasteiger partial charge in [0.05, 0.1) is 19.8 Å². The first-order valence-electron chi connectivity index (χ1n) is 10.3. The van der Waals surface area contributed by atoms with Gasteiger partial charge in [0.1, 0.15) is 5.70 Å². The lowest BCUT2D eigenvalue weighted by molar-refractivity contribution is -0.148. The number of ether oxygens (including phenoxy) is 1. The Morgan fingerprint density at radius 1 is 1.13 bits per heavy atom. The van der Waals surface area contributed by atoms with Crippen molar-refractivity contribution in [3.8, 4) is 0 Å². The summed E-state index contributed by atoms with van der Waals surface area (Å²) in [4.78, 5) is 44.1. The smallest absolute Gasteiger partial charge is 0.309 e. The van der Waals surface area contributed by atoms with E-state index in [1.807, 2.05) is 14.7 Å². The molecule has 170 valence electrons. The number of esters is 1. The highest BCUT2D eigenvalue weighted by atomic mass is 35.5. The van der Waals surface area contributed by atoms with Crippen LogP contribution in [0.4, 0.5) is 0 Å². The van der Waals surface area contributed by atoms with Gasteiger partial charge in [0.15, 0.2) is 6.73 Å². The molecular weight excluding hydrogens is 433 g/mol. The van der Waals surface area contributed by atoms with Gasteiger partial charge in [-0.15, -0.1) is 24.8 Å². The molecule has 0 atom stereocenters. The molecule has 4 aliphatic heterocycles. The molecule has 3 saturated heterocycles. The third kappa shape index (κ3) is 5.50. The van der Waals surface area contributed by atoms with Crippen LogP contribution in [0.5, 0.6) is 0 Å². The van der Waals surface area contributed by atoms with Crippen molar-refractivity contribution in [1.82, 2.24) is 24.9 Å². The molecule has 0 saturated carbocycles. The zero-order chi connectivity index (χ0) is 19.5. The molecule has 0 aromatic heterocycles. The SMILES string of the molecule is Cl.Cl.O=C(CCN1CCCCC1=O)OCN1C=C2C(=O)N(C3CCNCC3)CN2C1. The summed E-state index contributed by atoms with van der Waals surface area (Å²) in [5.74, 6) is -0.114. The Bertz CT molecular complexity index is 671. The normalized spacial score (nSPS) is 21.8. The van der Waals surface area contributed by atoms with Crippen LogP contribution in [-0.4, -0.2) is 89.7 Å². The first kappa shape index (κ1) is 24.6. The topological polar surface area (TPSA) is 85.4 Å². The number of amides is 2. The molecule has 0 aromatic carbocycles. The van der Waals surface area contributed by atoms with Crippen molar-refractivity contribution in [2.75, 3.05) is 46.2 Å². The third-order valence-electron chi connectivity index (χ3n) is 5.95. The number of rotatable bonds is 6. The monoisotopic (exact) mass is 463 g/mol. The van der Waals surface area contributed by atoms with Crippen molar-refractivity contribution in [2.24, 2.45) is 0 Å². The lowest BCUT2D eigenvalue weighted by Crippen LogP contribution is -2.45. The van der Waals surface area contributed by atoms with Crippen molar-refractivity contribution in [2.45, 2.75) is 44.6 Å². The molecule has 3 fully saturated rings. The molecule has 0 bridgehead atoms. The van der Waals surface area contributed by atoms with Gasteiger partial charge in [-0.05, 0) is 38.8 Å². The Morgan fingerprint density at radius 2 is 1.90 bits per heavy atom. The molecule has 1 N–H and O–H groups in total. The van der Waals surface area contributed by atoms with Crippen LogP contribution in [0.3, 0.4) is 0 Å². The summed E-state index contributed by atoms with van der Waals surface area (Å²) in [5.41, 5.74) is 0.688. The van der Waals surface area contributed by atoms with Crippen LogP contribution in [0.25, 0.3) is 0 Å². The predicted molar refractivity (Wildman–Crippen MR) is 115 cm³/mol. The molecule has 4 heterocycles. The zero-order valence-corrected chi connectivity index (χ0v) is 18.7. The van der Waals surface area contributed by atoms with Gasteiger partial charge in [0, 0.05) is 31.8 Å². The van der Waals surface area contributed by atoms with E-state index in [-0.39, 0.29) is 55.7 Å². The summed E-state index contributed by atoms with van der Waals surface area (Å²) in [6, 6.07) is 0.309. The number of nitrogens with one attached hydrogen (secondary N) is 1. The number of halogens is 2. The summed E-state index contributed by atoms with van der Waals surface area (Å²) >= 11 is 0. The van der Waals surface area contributed by atoms with E-state index in [4.69, 9.17) is 4.74 Å². The van der Waals surface area contributed by atoms with Crippen LogP contribution < -0.4 is 5.32 Å². The molecule has 0 spiro atoms. The highest BCUT2D eigenvalue weighted by Crippen LogP contribution is 2.28. The average molecular weight is 464 g/mol. The molecule has 11 heteroatoms. The van der Waals surface area contributed by atoms with Gasteiger partial charge in [-0.25, -0.2) is 0 Å². The minimum absolute atomic E-state index is 0. The van der Waals surface area contributed by atoms with Gasteiger partial charge in [0.25, 0.3) is 5.91 Å². The standard InChI is InChI=1S/C19H29N5O4.2ClH/c25-17-3-1-2-9-22(17)10-6-18(26)28-14-21-11-16-19(27)24(13-23(16)12-21)15-4-7-20-8-5-15;;/h11,15,20H,1-10,12-14H2;2*1H. The van der Waals surface area contributed by atoms with Crippen molar-refractivity contribution < 1.29 is 19.1 Å². The van der Waals surface area contributed by atoms with E-state index in [9.17, 15) is 14.4 Å². The number of hydrogen-bond acceptors (Lipinski definition) is 7. The number of piperidine rings is 2. The molecule has 4 aliphatic rings. The minimum Gasteiger partial charge on any atom is -0.444 e. The molecule has 0 radical (unpaired) electrons. The van der Waals surface area contributed by atoms with E-state index in [1.54, 1.807) is 11.1 Å². The Morgan fingerprint density at radius 3 is 2.60 bits per heavy atom. The molecule has 0 unspecified atom stereocenters. The Labute approximate surface area is 189 Å². The summed E-state index contributed by atoms with van der Waals surface area (Å²) < 4.78 is 5.34. The fraction of sp³-hybridized carbons (Fsp3) is 0.737. The first-order valence-corrected chi connectivity index (χ1v) is 10.3. The number of carbonyl (C=O) groups is 3. The molecule has 4 rings (SSSR count). The Kier molecular flexibility index (Phi) is 9.06.